The van der Waals surface area contributed by atoms with E-state index in [1.807, 2.05) is 24.3 Å². The largest absolute Gasteiger partial charge is 0.276 e. The summed E-state index contributed by atoms with van der Waals surface area (Å²) in [6.07, 6.45) is 1.38. The Labute approximate surface area is 146 Å². The number of nitro benzene ring substituents is 1. The van der Waals surface area contributed by atoms with Crippen LogP contribution in [-0.2, 0) is 10.0 Å². The van der Waals surface area contributed by atoms with Gasteiger partial charge in [0.2, 0.25) is 0 Å². The number of hydrogen-bond acceptors (Lipinski definition) is 5. The average molecular weight is 361 g/mol. The number of benzene rings is 2. The number of nitrogens with one attached hydrogen (secondary N) is 1. The van der Waals surface area contributed by atoms with E-state index in [2.05, 4.69) is 23.8 Å². The maximum absolute atomic E-state index is 12.2. The maximum Gasteiger partial charge on any atom is 0.276 e. The predicted octanol–water partition coefficient (Wildman–Crippen LogP) is 3.34. The molecule has 7 nitrogen and oxygen atoms in total. The summed E-state index contributed by atoms with van der Waals surface area (Å²) in [5, 5.41) is 14.7. The number of hydrogen-bond donors (Lipinski definition) is 1. The molecule has 0 aliphatic rings. The summed E-state index contributed by atoms with van der Waals surface area (Å²) < 4.78 is 24.4. The molecule has 0 aliphatic heterocycles. The summed E-state index contributed by atoms with van der Waals surface area (Å²) >= 11 is 0. The standard InChI is InChI=1S/C17H19N3O4S/c1-12(2)15-7-5-14(6-8-15)11-18-19-25(23,24)16-9-4-13(3)17(10-16)20(21)22/h4-12,19H,1-3H3/b18-11-. The SMILES string of the molecule is Cc1ccc(S(=O)(=O)N/N=C\c2ccc(C(C)C)cc2)cc1[N+](=O)[O-]. The molecule has 8 heteroatoms. The first-order valence-corrected chi connectivity index (χ1v) is 9.09. The minimum absolute atomic E-state index is 0.211. The average Bonchev–Trinajstić information content (AvgIpc) is 2.55. The van der Waals surface area contributed by atoms with Gasteiger partial charge in [0.1, 0.15) is 0 Å². The second-order valence-corrected chi connectivity index (χ2v) is 7.54. The van der Waals surface area contributed by atoms with E-state index >= 15 is 0 Å². The zero-order valence-electron chi connectivity index (χ0n) is 14.1. The zero-order chi connectivity index (χ0) is 18.6. The van der Waals surface area contributed by atoms with Crippen LogP contribution in [0.25, 0.3) is 0 Å². The fourth-order valence-electron chi connectivity index (χ4n) is 2.14. The summed E-state index contributed by atoms with van der Waals surface area (Å²) in [5.41, 5.74) is 2.04. The molecule has 1 N–H and O–H groups in total. The Morgan fingerprint density at radius 1 is 1.16 bits per heavy atom. The van der Waals surface area contributed by atoms with E-state index in [1.54, 1.807) is 6.92 Å². The normalized spacial score (nSPS) is 11.8. The number of aryl methyl sites for hydroxylation is 1. The molecule has 132 valence electrons. The lowest BCUT2D eigenvalue weighted by atomic mass is 10.0. The van der Waals surface area contributed by atoms with Gasteiger partial charge in [-0.2, -0.15) is 13.5 Å². The van der Waals surface area contributed by atoms with Gasteiger partial charge >= 0.3 is 0 Å². The third kappa shape index (κ3) is 4.63. The topological polar surface area (TPSA) is 102 Å². The Hall–Kier alpha value is -2.74. The molecule has 0 bridgehead atoms. The number of nitro groups is 1. The van der Waals surface area contributed by atoms with Crippen LogP contribution in [0.5, 0.6) is 0 Å². The quantitative estimate of drug-likeness (QED) is 0.484. The highest BCUT2D eigenvalue weighted by molar-refractivity contribution is 7.89. The number of hydrazone groups is 1. The molecule has 0 radical (unpaired) electrons. The second-order valence-electron chi connectivity index (χ2n) is 5.88. The number of nitrogens with zero attached hydrogens (tertiary/aromatic N) is 2. The van der Waals surface area contributed by atoms with E-state index in [0.29, 0.717) is 11.5 Å². The van der Waals surface area contributed by atoms with E-state index in [0.717, 1.165) is 11.6 Å². The van der Waals surface area contributed by atoms with Gasteiger partial charge in [-0.15, -0.1) is 0 Å². The van der Waals surface area contributed by atoms with Crippen molar-refractivity contribution in [1.29, 1.82) is 0 Å². The van der Waals surface area contributed by atoms with Crippen molar-refractivity contribution in [3.63, 3.8) is 0 Å². The van der Waals surface area contributed by atoms with Crippen LogP contribution in [-0.4, -0.2) is 19.6 Å². The summed E-state index contributed by atoms with van der Waals surface area (Å²) in [5.74, 6) is 0.404. The number of sulfonamides is 1. The second kappa shape index (κ2) is 7.43. The van der Waals surface area contributed by atoms with Crippen molar-refractivity contribution in [3.05, 3.63) is 69.3 Å². The fraction of sp³-hybridized carbons (Fsp3) is 0.235. The molecule has 0 saturated heterocycles. The van der Waals surface area contributed by atoms with Crippen LogP contribution >= 0.6 is 0 Å². The van der Waals surface area contributed by atoms with Gasteiger partial charge in [0.15, 0.2) is 0 Å². The van der Waals surface area contributed by atoms with Crippen molar-refractivity contribution in [1.82, 2.24) is 4.83 Å². The molecule has 2 aromatic carbocycles. The van der Waals surface area contributed by atoms with E-state index in [-0.39, 0.29) is 10.6 Å². The molecule has 0 heterocycles. The zero-order valence-corrected chi connectivity index (χ0v) is 14.9. The smallest absolute Gasteiger partial charge is 0.258 e. The predicted molar refractivity (Wildman–Crippen MR) is 96.3 cm³/mol. The van der Waals surface area contributed by atoms with Gasteiger partial charge in [-0.3, -0.25) is 10.1 Å². The van der Waals surface area contributed by atoms with Crippen molar-refractivity contribution < 1.29 is 13.3 Å². The Morgan fingerprint density at radius 3 is 2.36 bits per heavy atom. The van der Waals surface area contributed by atoms with Crippen LogP contribution in [0, 0.1) is 17.0 Å². The third-order valence-corrected chi connectivity index (χ3v) is 4.90. The van der Waals surface area contributed by atoms with Crippen LogP contribution < -0.4 is 4.83 Å². The minimum Gasteiger partial charge on any atom is -0.258 e. The molecule has 0 aliphatic carbocycles. The molecular formula is C17H19N3O4S. The van der Waals surface area contributed by atoms with E-state index < -0.39 is 14.9 Å². The van der Waals surface area contributed by atoms with Crippen LogP contribution in [0.1, 0.15) is 36.5 Å². The molecule has 0 aromatic heterocycles. The first-order chi connectivity index (χ1) is 11.7. The molecule has 0 atom stereocenters. The number of rotatable bonds is 6. The molecule has 0 fully saturated rings. The Morgan fingerprint density at radius 2 is 1.80 bits per heavy atom. The van der Waals surface area contributed by atoms with E-state index in [4.69, 9.17) is 0 Å². The highest BCUT2D eigenvalue weighted by Gasteiger charge is 2.19. The summed E-state index contributed by atoms with van der Waals surface area (Å²) in [6, 6.07) is 11.3. The van der Waals surface area contributed by atoms with Crippen molar-refractivity contribution in [3.8, 4) is 0 Å². The van der Waals surface area contributed by atoms with Gasteiger partial charge in [-0.05, 0) is 30.0 Å². The van der Waals surface area contributed by atoms with Gasteiger partial charge in [-0.1, -0.05) is 44.2 Å². The van der Waals surface area contributed by atoms with Crippen LogP contribution in [0.15, 0.2) is 52.5 Å². The molecule has 25 heavy (non-hydrogen) atoms. The molecular weight excluding hydrogens is 342 g/mol. The fourth-order valence-corrected chi connectivity index (χ4v) is 2.95. The van der Waals surface area contributed by atoms with Gasteiger partial charge < -0.3 is 0 Å². The lowest BCUT2D eigenvalue weighted by molar-refractivity contribution is -0.385. The van der Waals surface area contributed by atoms with Crippen molar-refractivity contribution in [2.24, 2.45) is 5.10 Å². The van der Waals surface area contributed by atoms with E-state index in [9.17, 15) is 18.5 Å². The van der Waals surface area contributed by atoms with Gasteiger partial charge in [0, 0.05) is 11.6 Å². The van der Waals surface area contributed by atoms with Gasteiger partial charge in [-0.25, -0.2) is 4.83 Å². The van der Waals surface area contributed by atoms with Crippen LogP contribution in [0.3, 0.4) is 0 Å². The molecule has 2 aromatic rings. The Bertz CT molecular complexity index is 904. The van der Waals surface area contributed by atoms with Crippen molar-refractivity contribution >= 4 is 21.9 Å². The maximum atomic E-state index is 12.2. The molecule has 0 amide bonds. The molecule has 0 saturated carbocycles. The lowest BCUT2D eigenvalue weighted by Crippen LogP contribution is -2.18. The summed E-state index contributed by atoms with van der Waals surface area (Å²) in [7, 11) is -3.98. The third-order valence-electron chi connectivity index (χ3n) is 3.68. The lowest BCUT2D eigenvalue weighted by Gasteiger charge is -2.05. The summed E-state index contributed by atoms with van der Waals surface area (Å²) in [4.78, 5) is 12.2. The molecule has 2 rings (SSSR count). The highest BCUT2D eigenvalue weighted by atomic mass is 32.2. The van der Waals surface area contributed by atoms with Crippen LogP contribution in [0.4, 0.5) is 5.69 Å². The van der Waals surface area contributed by atoms with Crippen LogP contribution in [0.2, 0.25) is 0 Å². The Balaban J connectivity index is 2.16. The molecule has 0 unspecified atom stereocenters. The van der Waals surface area contributed by atoms with Gasteiger partial charge in [0.05, 0.1) is 16.0 Å². The van der Waals surface area contributed by atoms with Gasteiger partial charge in [0.25, 0.3) is 15.7 Å². The Kier molecular flexibility index (Phi) is 5.53. The van der Waals surface area contributed by atoms with Crippen molar-refractivity contribution in [2.75, 3.05) is 0 Å². The van der Waals surface area contributed by atoms with E-state index in [1.165, 1.54) is 23.9 Å². The minimum atomic E-state index is -3.98. The first kappa shape index (κ1) is 18.6. The van der Waals surface area contributed by atoms with Crippen molar-refractivity contribution in [2.45, 2.75) is 31.6 Å². The molecule has 0 spiro atoms. The highest BCUT2D eigenvalue weighted by Crippen LogP contribution is 2.22. The first-order valence-electron chi connectivity index (χ1n) is 7.60. The monoisotopic (exact) mass is 361 g/mol. The summed E-state index contributed by atoms with van der Waals surface area (Å²) in [6.45, 7) is 5.71.